The van der Waals surface area contributed by atoms with Crippen LogP contribution in [0.3, 0.4) is 0 Å². The van der Waals surface area contributed by atoms with Crippen LogP contribution in [0.15, 0.2) is 48.5 Å². The molecule has 0 aliphatic heterocycles. The minimum absolute atomic E-state index is 1.10. The van der Waals surface area contributed by atoms with Gasteiger partial charge in [0.1, 0.15) is 0 Å². The van der Waals surface area contributed by atoms with Crippen LogP contribution < -0.4 is 0 Å². The predicted molar refractivity (Wildman–Crippen MR) is 98.4 cm³/mol. The van der Waals surface area contributed by atoms with Crippen LogP contribution in [0.2, 0.25) is 0 Å². The predicted octanol–water partition coefficient (Wildman–Crippen LogP) is 7.01. The largest absolute Gasteiger partial charge is 0.0654 e. The SMILES string of the molecule is CCCCCCCCC.c1ccc2c(c1)Cc1ccccc1-2. The lowest BCUT2D eigenvalue weighted by Gasteiger charge is -1.98. The third-order valence-corrected chi connectivity index (χ3v) is 4.41. The molecular formula is C22H30. The Kier molecular flexibility index (Phi) is 7.22. The van der Waals surface area contributed by atoms with Crippen molar-refractivity contribution in [2.45, 2.75) is 65.2 Å². The van der Waals surface area contributed by atoms with Crippen LogP contribution >= 0.6 is 0 Å². The maximum absolute atomic E-state index is 2.26. The van der Waals surface area contributed by atoms with E-state index < -0.39 is 0 Å². The van der Waals surface area contributed by atoms with Gasteiger partial charge in [-0.05, 0) is 28.7 Å². The quantitative estimate of drug-likeness (QED) is 0.429. The van der Waals surface area contributed by atoms with Gasteiger partial charge in [-0.3, -0.25) is 0 Å². The van der Waals surface area contributed by atoms with E-state index in [-0.39, 0.29) is 0 Å². The van der Waals surface area contributed by atoms with E-state index in [0.717, 1.165) is 6.42 Å². The van der Waals surface area contributed by atoms with E-state index in [4.69, 9.17) is 0 Å². The van der Waals surface area contributed by atoms with Gasteiger partial charge < -0.3 is 0 Å². The summed E-state index contributed by atoms with van der Waals surface area (Å²) in [7, 11) is 0. The smallest absolute Gasteiger partial charge is 0.00135 e. The molecule has 22 heavy (non-hydrogen) atoms. The molecule has 118 valence electrons. The van der Waals surface area contributed by atoms with Crippen molar-refractivity contribution in [3.05, 3.63) is 59.7 Å². The van der Waals surface area contributed by atoms with E-state index in [1.165, 1.54) is 67.2 Å². The Labute approximate surface area is 136 Å². The fourth-order valence-corrected chi connectivity index (χ4v) is 3.11. The number of fused-ring (bicyclic) bond motifs is 3. The first kappa shape index (κ1) is 16.8. The number of hydrogen-bond acceptors (Lipinski definition) is 0. The molecule has 0 amide bonds. The standard InChI is InChI=1S/C13H10.C9H20/c1-3-7-12-10(5-1)9-11-6-2-4-8-13(11)12;1-3-5-7-9-8-6-4-2/h1-8H,9H2;3-9H2,1-2H3. The lowest BCUT2D eigenvalue weighted by Crippen LogP contribution is -1.77. The van der Waals surface area contributed by atoms with Crippen molar-refractivity contribution in [2.24, 2.45) is 0 Å². The summed E-state index contributed by atoms with van der Waals surface area (Å²) in [4.78, 5) is 0. The zero-order valence-corrected chi connectivity index (χ0v) is 14.3. The summed E-state index contributed by atoms with van der Waals surface area (Å²) in [6, 6.07) is 17.3. The van der Waals surface area contributed by atoms with Gasteiger partial charge in [0, 0.05) is 0 Å². The Balaban J connectivity index is 0.000000175. The normalized spacial score (nSPS) is 11.4. The van der Waals surface area contributed by atoms with Gasteiger partial charge in [-0.15, -0.1) is 0 Å². The van der Waals surface area contributed by atoms with Crippen molar-refractivity contribution in [3.63, 3.8) is 0 Å². The molecule has 2 aromatic carbocycles. The highest BCUT2D eigenvalue weighted by atomic mass is 14.2. The van der Waals surface area contributed by atoms with Gasteiger partial charge in [0.15, 0.2) is 0 Å². The van der Waals surface area contributed by atoms with Gasteiger partial charge in [0.2, 0.25) is 0 Å². The molecule has 0 unspecified atom stereocenters. The molecule has 0 saturated carbocycles. The average Bonchev–Trinajstić information content (AvgIpc) is 2.94. The molecule has 0 bridgehead atoms. The van der Waals surface area contributed by atoms with E-state index in [1.807, 2.05) is 0 Å². The summed E-state index contributed by atoms with van der Waals surface area (Å²) < 4.78 is 0. The zero-order valence-electron chi connectivity index (χ0n) is 14.3. The molecule has 0 nitrogen and oxygen atoms in total. The first-order valence-electron chi connectivity index (χ1n) is 9.03. The molecule has 2 aromatic rings. The molecule has 0 atom stereocenters. The monoisotopic (exact) mass is 294 g/mol. The highest BCUT2D eigenvalue weighted by Crippen LogP contribution is 2.35. The molecular weight excluding hydrogens is 264 g/mol. The summed E-state index contributed by atoms with van der Waals surface area (Å²) in [5, 5.41) is 0. The first-order chi connectivity index (χ1) is 10.9. The highest BCUT2D eigenvalue weighted by Gasteiger charge is 2.15. The van der Waals surface area contributed by atoms with E-state index in [2.05, 4.69) is 62.4 Å². The molecule has 1 aliphatic rings. The Bertz CT molecular complexity index is 504. The van der Waals surface area contributed by atoms with Crippen LogP contribution in [0.1, 0.15) is 69.9 Å². The second-order valence-corrected chi connectivity index (χ2v) is 6.26. The van der Waals surface area contributed by atoms with Gasteiger partial charge in [0.25, 0.3) is 0 Å². The fourth-order valence-electron chi connectivity index (χ4n) is 3.11. The summed E-state index contributed by atoms with van der Waals surface area (Å²) in [5.74, 6) is 0. The van der Waals surface area contributed by atoms with Crippen LogP contribution in [0.25, 0.3) is 11.1 Å². The highest BCUT2D eigenvalue weighted by molar-refractivity contribution is 5.76. The molecule has 0 spiro atoms. The lowest BCUT2D eigenvalue weighted by atomic mass is 10.1. The second kappa shape index (κ2) is 9.46. The minimum Gasteiger partial charge on any atom is -0.0654 e. The van der Waals surface area contributed by atoms with Crippen molar-refractivity contribution >= 4 is 0 Å². The Morgan fingerprint density at radius 3 is 1.45 bits per heavy atom. The van der Waals surface area contributed by atoms with E-state index in [1.54, 1.807) is 0 Å². The summed E-state index contributed by atoms with van der Waals surface area (Å²) in [6.07, 6.45) is 11.1. The van der Waals surface area contributed by atoms with Crippen molar-refractivity contribution in [1.29, 1.82) is 0 Å². The molecule has 0 saturated heterocycles. The maximum Gasteiger partial charge on any atom is -0.00135 e. The maximum atomic E-state index is 2.26. The molecule has 0 N–H and O–H groups in total. The van der Waals surface area contributed by atoms with Gasteiger partial charge >= 0.3 is 0 Å². The summed E-state index contributed by atoms with van der Waals surface area (Å²) >= 11 is 0. The number of rotatable bonds is 6. The Hall–Kier alpha value is -1.56. The average molecular weight is 294 g/mol. The lowest BCUT2D eigenvalue weighted by molar-refractivity contribution is 0.602. The number of hydrogen-bond donors (Lipinski definition) is 0. The van der Waals surface area contributed by atoms with Crippen LogP contribution in [-0.4, -0.2) is 0 Å². The fraction of sp³-hybridized carbons (Fsp3) is 0.455. The minimum atomic E-state index is 1.10. The third-order valence-electron chi connectivity index (χ3n) is 4.41. The third kappa shape index (κ3) is 4.73. The molecule has 0 aromatic heterocycles. The summed E-state index contributed by atoms with van der Waals surface area (Å²) in [6.45, 7) is 4.53. The number of unbranched alkanes of at least 4 members (excludes halogenated alkanes) is 6. The van der Waals surface area contributed by atoms with Crippen molar-refractivity contribution in [3.8, 4) is 11.1 Å². The van der Waals surface area contributed by atoms with E-state index >= 15 is 0 Å². The molecule has 3 rings (SSSR count). The van der Waals surface area contributed by atoms with Crippen LogP contribution in [0.5, 0.6) is 0 Å². The molecule has 0 radical (unpaired) electrons. The Morgan fingerprint density at radius 2 is 1.00 bits per heavy atom. The van der Waals surface area contributed by atoms with Gasteiger partial charge in [-0.1, -0.05) is 107 Å². The van der Waals surface area contributed by atoms with Gasteiger partial charge in [0.05, 0.1) is 0 Å². The van der Waals surface area contributed by atoms with Crippen LogP contribution in [-0.2, 0) is 6.42 Å². The molecule has 0 heterocycles. The van der Waals surface area contributed by atoms with Gasteiger partial charge in [-0.2, -0.15) is 0 Å². The topological polar surface area (TPSA) is 0 Å². The zero-order chi connectivity index (χ0) is 15.6. The van der Waals surface area contributed by atoms with Crippen molar-refractivity contribution in [2.75, 3.05) is 0 Å². The van der Waals surface area contributed by atoms with E-state index in [9.17, 15) is 0 Å². The first-order valence-corrected chi connectivity index (χ1v) is 9.03. The molecule has 0 heteroatoms. The Morgan fingerprint density at radius 1 is 0.591 bits per heavy atom. The molecule has 1 aliphatic carbocycles. The second-order valence-electron chi connectivity index (χ2n) is 6.26. The van der Waals surface area contributed by atoms with Crippen LogP contribution in [0, 0.1) is 0 Å². The van der Waals surface area contributed by atoms with Gasteiger partial charge in [-0.25, -0.2) is 0 Å². The number of benzene rings is 2. The van der Waals surface area contributed by atoms with Crippen molar-refractivity contribution in [1.82, 2.24) is 0 Å². The van der Waals surface area contributed by atoms with Crippen molar-refractivity contribution < 1.29 is 0 Å². The van der Waals surface area contributed by atoms with E-state index in [0.29, 0.717) is 0 Å². The summed E-state index contributed by atoms with van der Waals surface area (Å²) in [5.41, 5.74) is 5.75. The van der Waals surface area contributed by atoms with Crippen LogP contribution in [0.4, 0.5) is 0 Å². The molecule has 0 fully saturated rings.